The van der Waals surface area contributed by atoms with Gasteiger partial charge in [0.15, 0.2) is 0 Å². The van der Waals surface area contributed by atoms with Gasteiger partial charge in [-0.05, 0) is 43.7 Å². The third kappa shape index (κ3) is 6.03. The van der Waals surface area contributed by atoms with Crippen molar-refractivity contribution in [1.82, 2.24) is 4.90 Å². The molecule has 0 saturated heterocycles. The van der Waals surface area contributed by atoms with Gasteiger partial charge in [0.05, 0.1) is 0 Å². The first-order valence-electron chi connectivity index (χ1n) is 10.6. The Kier molecular flexibility index (Phi) is 8.47. The molecule has 1 fully saturated rings. The van der Waals surface area contributed by atoms with E-state index in [1.54, 1.807) is 6.07 Å². The van der Waals surface area contributed by atoms with E-state index in [-0.39, 0.29) is 12.0 Å². The van der Waals surface area contributed by atoms with Gasteiger partial charge in [0, 0.05) is 19.0 Å². The molecule has 0 radical (unpaired) electrons. The first-order valence-corrected chi connectivity index (χ1v) is 10.6. The molecule has 1 aliphatic carbocycles. The number of unbranched alkanes of at least 4 members (excludes halogenated alkanes) is 1. The molecule has 26 heavy (non-hydrogen) atoms. The second-order valence-corrected chi connectivity index (χ2v) is 8.21. The topological polar surface area (TPSA) is 40.5 Å². The number of carbonyl (C=O) groups is 1. The van der Waals surface area contributed by atoms with E-state index in [1.807, 2.05) is 30.1 Å². The van der Waals surface area contributed by atoms with Crippen LogP contribution in [0.25, 0.3) is 0 Å². The monoisotopic (exact) mass is 359 g/mol. The summed E-state index contributed by atoms with van der Waals surface area (Å²) < 4.78 is 0. The Bertz CT molecular complexity index is 551. The van der Waals surface area contributed by atoms with E-state index < -0.39 is 0 Å². The fourth-order valence-corrected chi connectivity index (χ4v) is 4.26. The fraction of sp³-hybridized carbons (Fsp3) is 0.696. The maximum absolute atomic E-state index is 13.2. The highest BCUT2D eigenvalue weighted by Gasteiger charge is 2.28. The van der Waals surface area contributed by atoms with E-state index in [2.05, 4.69) is 13.8 Å². The zero-order chi connectivity index (χ0) is 18.9. The number of hydrogen-bond acceptors (Lipinski definition) is 2. The molecule has 1 saturated carbocycles. The Morgan fingerprint density at radius 1 is 1.23 bits per heavy atom. The number of rotatable bonds is 9. The fourth-order valence-electron chi connectivity index (χ4n) is 4.26. The molecule has 0 bridgehead atoms. The van der Waals surface area contributed by atoms with E-state index >= 15 is 0 Å². The van der Waals surface area contributed by atoms with Crippen LogP contribution in [0.2, 0.25) is 0 Å². The van der Waals surface area contributed by atoms with Gasteiger partial charge in [0.1, 0.15) is 5.75 Å². The molecule has 0 spiro atoms. The molecule has 1 aromatic carbocycles. The van der Waals surface area contributed by atoms with E-state index in [0.717, 1.165) is 37.2 Å². The highest BCUT2D eigenvalue weighted by molar-refractivity contribution is 5.79. The number of amides is 1. The van der Waals surface area contributed by atoms with Crippen LogP contribution in [-0.2, 0) is 11.2 Å². The van der Waals surface area contributed by atoms with Crippen molar-refractivity contribution in [2.75, 3.05) is 7.05 Å². The van der Waals surface area contributed by atoms with Crippen LogP contribution in [0, 0.1) is 11.8 Å². The molecule has 1 N–H and O–H groups in total. The molecule has 1 amide bonds. The summed E-state index contributed by atoms with van der Waals surface area (Å²) in [5, 5.41) is 10.0. The number of likely N-dealkylation sites (N-methyl/N-ethyl adjacent to an activating group) is 1. The van der Waals surface area contributed by atoms with Crippen LogP contribution >= 0.6 is 0 Å². The minimum Gasteiger partial charge on any atom is -0.508 e. The third-order valence-electron chi connectivity index (χ3n) is 6.11. The predicted molar refractivity (Wildman–Crippen MR) is 108 cm³/mol. The number of para-hydroxylation sites is 1. The standard InChI is InChI=1S/C23H37NO2/c1-4-5-13-21(17-19-11-7-6-8-12-19)23(26)24(3)18(2)16-20-14-9-10-15-22(20)25/h9-10,14-15,18-19,21,25H,4-8,11-13,16-17H2,1-3H3. The average molecular weight is 360 g/mol. The summed E-state index contributed by atoms with van der Waals surface area (Å²) in [5.41, 5.74) is 0.914. The van der Waals surface area contributed by atoms with Crippen LogP contribution in [-0.4, -0.2) is 29.0 Å². The van der Waals surface area contributed by atoms with Crippen LogP contribution in [0.5, 0.6) is 5.75 Å². The number of phenols is 1. The maximum atomic E-state index is 13.2. The van der Waals surface area contributed by atoms with Crippen molar-refractivity contribution in [3.05, 3.63) is 29.8 Å². The lowest BCUT2D eigenvalue weighted by Gasteiger charge is -2.32. The molecular weight excluding hydrogens is 322 g/mol. The van der Waals surface area contributed by atoms with Crippen molar-refractivity contribution in [3.63, 3.8) is 0 Å². The largest absolute Gasteiger partial charge is 0.508 e. The highest BCUT2D eigenvalue weighted by Crippen LogP contribution is 2.32. The van der Waals surface area contributed by atoms with Gasteiger partial charge in [-0.3, -0.25) is 4.79 Å². The molecule has 2 unspecified atom stereocenters. The summed E-state index contributed by atoms with van der Waals surface area (Å²) in [6.45, 7) is 4.29. The highest BCUT2D eigenvalue weighted by atomic mass is 16.3. The van der Waals surface area contributed by atoms with E-state index in [1.165, 1.54) is 32.1 Å². The van der Waals surface area contributed by atoms with E-state index in [9.17, 15) is 9.90 Å². The van der Waals surface area contributed by atoms with Gasteiger partial charge >= 0.3 is 0 Å². The third-order valence-corrected chi connectivity index (χ3v) is 6.11. The number of benzene rings is 1. The molecule has 2 rings (SSSR count). The normalized spacial score (nSPS) is 17.7. The molecule has 3 nitrogen and oxygen atoms in total. The van der Waals surface area contributed by atoms with Crippen molar-refractivity contribution < 1.29 is 9.90 Å². The van der Waals surface area contributed by atoms with Gasteiger partial charge in [0.25, 0.3) is 0 Å². The van der Waals surface area contributed by atoms with Crippen molar-refractivity contribution >= 4 is 5.91 Å². The second kappa shape index (κ2) is 10.6. The minimum absolute atomic E-state index is 0.0892. The molecule has 0 aliphatic heterocycles. The van der Waals surface area contributed by atoms with Gasteiger partial charge in [-0.25, -0.2) is 0 Å². The quantitative estimate of drug-likeness (QED) is 0.627. The molecule has 0 aromatic heterocycles. The molecule has 2 atom stereocenters. The number of carbonyl (C=O) groups excluding carboxylic acids is 1. The van der Waals surface area contributed by atoms with Crippen LogP contribution in [0.1, 0.15) is 77.2 Å². The summed E-state index contributed by atoms with van der Waals surface area (Å²) in [6.07, 6.45) is 11.7. The predicted octanol–water partition coefficient (Wildman–Crippen LogP) is 5.56. The number of aromatic hydroxyl groups is 1. The Morgan fingerprint density at radius 2 is 1.92 bits per heavy atom. The Balaban J connectivity index is 1.98. The van der Waals surface area contributed by atoms with E-state index in [4.69, 9.17) is 0 Å². The van der Waals surface area contributed by atoms with Crippen molar-refractivity contribution in [3.8, 4) is 5.75 Å². The van der Waals surface area contributed by atoms with Crippen LogP contribution in [0.4, 0.5) is 0 Å². The first kappa shape index (κ1) is 20.8. The lowest BCUT2D eigenvalue weighted by Crippen LogP contribution is -2.41. The zero-order valence-electron chi connectivity index (χ0n) is 16.9. The van der Waals surface area contributed by atoms with Gasteiger partial charge in [0.2, 0.25) is 5.91 Å². The van der Waals surface area contributed by atoms with Crippen LogP contribution < -0.4 is 0 Å². The number of hydrogen-bond donors (Lipinski definition) is 1. The Labute approximate surface area is 159 Å². The number of phenolic OH excluding ortho intramolecular Hbond substituents is 1. The summed E-state index contributed by atoms with van der Waals surface area (Å²) in [4.78, 5) is 15.1. The lowest BCUT2D eigenvalue weighted by molar-refractivity contribution is -0.137. The smallest absolute Gasteiger partial charge is 0.225 e. The van der Waals surface area contributed by atoms with Gasteiger partial charge in [-0.2, -0.15) is 0 Å². The molecular formula is C23H37NO2. The molecule has 3 heteroatoms. The minimum atomic E-state index is 0.0892. The Hall–Kier alpha value is -1.51. The molecule has 0 heterocycles. The molecule has 1 aliphatic rings. The summed E-state index contributed by atoms with van der Waals surface area (Å²) in [5.74, 6) is 1.52. The first-order chi connectivity index (χ1) is 12.5. The maximum Gasteiger partial charge on any atom is 0.225 e. The molecule has 146 valence electrons. The van der Waals surface area contributed by atoms with Crippen LogP contribution in [0.15, 0.2) is 24.3 Å². The van der Waals surface area contributed by atoms with Gasteiger partial charge < -0.3 is 10.0 Å². The number of nitrogens with zero attached hydrogens (tertiary/aromatic N) is 1. The van der Waals surface area contributed by atoms with Crippen molar-refractivity contribution in [2.45, 2.75) is 84.1 Å². The van der Waals surface area contributed by atoms with Crippen LogP contribution in [0.3, 0.4) is 0 Å². The lowest BCUT2D eigenvalue weighted by atomic mass is 9.81. The second-order valence-electron chi connectivity index (χ2n) is 8.21. The van der Waals surface area contributed by atoms with E-state index in [0.29, 0.717) is 18.1 Å². The van der Waals surface area contributed by atoms with Gasteiger partial charge in [-0.15, -0.1) is 0 Å². The SMILES string of the molecule is CCCCC(CC1CCCCC1)C(=O)N(C)C(C)Cc1ccccc1O. The van der Waals surface area contributed by atoms with Crippen molar-refractivity contribution in [1.29, 1.82) is 0 Å². The summed E-state index contributed by atoms with van der Waals surface area (Å²) in [7, 11) is 1.94. The zero-order valence-corrected chi connectivity index (χ0v) is 16.9. The molecule has 1 aromatic rings. The summed E-state index contributed by atoms with van der Waals surface area (Å²) >= 11 is 0. The summed E-state index contributed by atoms with van der Waals surface area (Å²) in [6, 6.07) is 7.53. The average Bonchev–Trinajstić information content (AvgIpc) is 2.66. The van der Waals surface area contributed by atoms with Crippen molar-refractivity contribution in [2.24, 2.45) is 11.8 Å². The van der Waals surface area contributed by atoms with Gasteiger partial charge in [-0.1, -0.05) is 70.1 Å². The Morgan fingerprint density at radius 3 is 2.58 bits per heavy atom.